The van der Waals surface area contributed by atoms with Crippen LogP contribution in [0.2, 0.25) is 0 Å². The number of aryl methyl sites for hydroxylation is 1. The fourth-order valence-corrected chi connectivity index (χ4v) is 3.22. The summed E-state index contributed by atoms with van der Waals surface area (Å²) in [6.07, 6.45) is 3.71. The smallest absolute Gasteiger partial charge is 0.119 e. The molecule has 20 heavy (non-hydrogen) atoms. The van der Waals surface area contributed by atoms with Gasteiger partial charge >= 0.3 is 0 Å². The van der Waals surface area contributed by atoms with Crippen molar-refractivity contribution in [3.8, 4) is 5.75 Å². The fourth-order valence-electron chi connectivity index (χ4n) is 3.22. The van der Waals surface area contributed by atoms with Crippen molar-refractivity contribution in [1.29, 1.82) is 0 Å². The standard InChI is InChI=1S/C15H22N2O.C2H6/c1-18-13-6-5-12-3-2-4-15(14(12)11-13)17-9-7-16-8-10-17;1-2/h5-6,11,15-16H,2-4,7-10H2,1H3;1-2H3/i1D;. The van der Waals surface area contributed by atoms with Gasteiger partial charge in [-0.2, -0.15) is 0 Å². The Morgan fingerprint density at radius 1 is 1.30 bits per heavy atom. The van der Waals surface area contributed by atoms with E-state index in [4.69, 9.17) is 6.11 Å². The summed E-state index contributed by atoms with van der Waals surface area (Å²) >= 11 is 0. The van der Waals surface area contributed by atoms with Crippen LogP contribution in [0, 0.1) is 0 Å². The zero-order chi connectivity index (χ0) is 15.1. The number of nitrogens with zero attached hydrogens (tertiary/aromatic N) is 1. The van der Waals surface area contributed by atoms with Crippen molar-refractivity contribution in [2.24, 2.45) is 0 Å². The molecule has 1 fully saturated rings. The molecule has 0 bridgehead atoms. The van der Waals surface area contributed by atoms with E-state index in [2.05, 4.69) is 22.3 Å². The first kappa shape index (κ1) is 13.9. The molecule has 112 valence electrons. The number of ether oxygens (including phenoxy) is 1. The third-order valence-electron chi connectivity index (χ3n) is 4.16. The summed E-state index contributed by atoms with van der Waals surface area (Å²) in [5, 5.41) is 3.42. The lowest BCUT2D eigenvalue weighted by molar-refractivity contribution is 0.157. The third-order valence-corrected chi connectivity index (χ3v) is 4.16. The van der Waals surface area contributed by atoms with E-state index in [1.807, 2.05) is 19.9 Å². The van der Waals surface area contributed by atoms with Crippen molar-refractivity contribution in [2.75, 3.05) is 33.3 Å². The van der Waals surface area contributed by atoms with Gasteiger partial charge in [-0.1, -0.05) is 19.9 Å². The summed E-state index contributed by atoms with van der Waals surface area (Å²) in [7, 11) is -0.00289. The Bertz CT molecular complexity index is 433. The van der Waals surface area contributed by atoms with Gasteiger partial charge in [-0.15, -0.1) is 0 Å². The lowest BCUT2D eigenvalue weighted by Crippen LogP contribution is -2.45. The van der Waals surface area contributed by atoms with E-state index in [9.17, 15) is 0 Å². The highest BCUT2D eigenvalue weighted by Gasteiger charge is 2.27. The maximum absolute atomic E-state index is 7.19. The molecule has 2 aliphatic rings. The van der Waals surface area contributed by atoms with E-state index >= 15 is 0 Å². The first-order chi connectivity index (χ1) is 10.4. The molecule has 3 rings (SSSR count). The largest absolute Gasteiger partial charge is 0.497 e. The molecular weight excluding hydrogens is 248 g/mol. The van der Waals surface area contributed by atoms with Crippen LogP contribution in [-0.4, -0.2) is 38.2 Å². The molecule has 1 aliphatic carbocycles. The molecular formula is C17H28N2O. The van der Waals surface area contributed by atoms with Crippen LogP contribution in [0.5, 0.6) is 5.75 Å². The molecule has 1 aromatic carbocycles. The Balaban J connectivity index is 0.000000774. The normalized spacial score (nSPS) is 23.1. The Hall–Kier alpha value is -1.06. The molecule has 0 aromatic heterocycles. The number of fused-ring (bicyclic) bond motifs is 1. The van der Waals surface area contributed by atoms with E-state index in [0.717, 1.165) is 31.9 Å². The van der Waals surface area contributed by atoms with Gasteiger partial charge in [-0.3, -0.25) is 4.90 Å². The zero-order valence-electron chi connectivity index (χ0n) is 13.8. The maximum Gasteiger partial charge on any atom is 0.119 e. The van der Waals surface area contributed by atoms with Crippen molar-refractivity contribution in [3.63, 3.8) is 0 Å². The van der Waals surface area contributed by atoms with Crippen LogP contribution < -0.4 is 10.1 Å². The predicted molar refractivity (Wildman–Crippen MR) is 84.5 cm³/mol. The summed E-state index contributed by atoms with van der Waals surface area (Å²) in [5.74, 6) is 0.843. The summed E-state index contributed by atoms with van der Waals surface area (Å²) < 4.78 is 12.5. The lowest BCUT2D eigenvalue weighted by atomic mass is 9.86. The number of hydrogen-bond acceptors (Lipinski definition) is 3. The van der Waals surface area contributed by atoms with Gasteiger partial charge in [0.25, 0.3) is 0 Å². The van der Waals surface area contributed by atoms with Gasteiger partial charge in [0.05, 0.1) is 8.46 Å². The SMILES string of the molecule is CC.[2H]COc1ccc2c(c1)C(N1CCNCC1)CCC2. The van der Waals surface area contributed by atoms with Gasteiger partial charge in [-0.25, -0.2) is 0 Å². The molecule has 0 radical (unpaired) electrons. The van der Waals surface area contributed by atoms with Crippen LogP contribution in [0.4, 0.5) is 0 Å². The Kier molecular flexibility index (Phi) is 5.32. The number of benzene rings is 1. The van der Waals surface area contributed by atoms with Gasteiger partial charge in [0.1, 0.15) is 5.75 Å². The molecule has 0 saturated carbocycles. The monoisotopic (exact) mass is 277 g/mol. The van der Waals surface area contributed by atoms with Crippen molar-refractivity contribution in [2.45, 2.75) is 39.2 Å². The lowest BCUT2D eigenvalue weighted by Gasteiger charge is -2.38. The van der Waals surface area contributed by atoms with E-state index < -0.39 is 0 Å². The van der Waals surface area contributed by atoms with Crippen molar-refractivity contribution < 1.29 is 6.11 Å². The van der Waals surface area contributed by atoms with Gasteiger partial charge in [0, 0.05) is 32.2 Å². The minimum Gasteiger partial charge on any atom is -0.497 e. The molecule has 1 heterocycles. The minimum absolute atomic E-state index is 0.00289. The quantitative estimate of drug-likeness (QED) is 0.899. The topological polar surface area (TPSA) is 24.5 Å². The highest BCUT2D eigenvalue weighted by atomic mass is 16.5. The second-order valence-electron chi connectivity index (χ2n) is 5.20. The van der Waals surface area contributed by atoms with Crippen LogP contribution in [0.3, 0.4) is 0 Å². The Morgan fingerprint density at radius 3 is 2.85 bits per heavy atom. The van der Waals surface area contributed by atoms with Crippen LogP contribution in [0.15, 0.2) is 18.2 Å². The Morgan fingerprint density at radius 2 is 2.10 bits per heavy atom. The molecule has 1 aromatic rings. The number of nitrogens with one attached hydrogen (secondary N) is 1. The van der Waals surface area contributed by atoms with E-state index in [1.54, 1.807) is 0 Å². The molecule has 3 heteroatoms. The minimum atomic E-state index is -0.00289. The van der Waals surface area contributed by atoms with Gasteiger partial charge in [0.2, 0.25) is 0 Å². The summed E-state index contributed by atoms with van der Waals surface area (Å²) in [5.41, 5.74) is 2.89. The van der Waals surface area contributed by atoms with Gasteiger partial charge in [-0.05, 0) is 42.5 Å². The Labute approximate surface area is 124 Å². The van der Waals surface area contributed by atoms with Crippen LogP contribution in [-0.2, 0) is 6.42 Å². The van der Waals surface area contributed by atoms with Crippen LogP contribution >= 0.6 is 0 Å². The van der Waals surface area contributed by atoms with Gasteiger partial charge in [0.15, 0.2) is 0 Å². The predicted octanol–water partition coefficient (Wildman–Crippen LogP) is 3.00. The fraction of sp³-hybridized carbons (Fsp3) is 0.647. The third kappa shape index (κ3) is 3.33. The van der Waals surface area contributed by atoms with Crippen LogP contribution in [0.25, 0.3) is 0 Å². The van der Waals surface area contributed by atoms with Crippen molar-refractivity contribution in [1.82, 2.24) is 10.2 Å². The average Bonchev–Trinajstić information content (AvgIpc) is 2.57. The highest BCUT2D eigenvalue weighted by molar-refractivity contribution is 5.39. The zero-order valence-corrected chi connectivity index (χ0v) is 12.8. The summed E-state index contributed by atoms with van der Waals surface area (Å²) in [6.45, 7) is 8.45. The highest BCUT2D eigenvalue weighted by Crippen LogP contribution is 2.36. The molecule has 3 nitrogen and oxygen atoms in total. The molecule has 1 aliphatic heterocycles. The molecule has 1 N–H and O–H groups in total. The molecule has 0 spiro atoms. The van der Waals surface area contributed by atoms with E-state index in [1.165, 1.54) is 30.4 Å². The maximum atomic E-state index is 7.19. The molecule has 1 unspecified atom stereocenters. The number of piperazine rings is 1. The summed E-state index contributed by atoms with van der Waals surface area (Å²) in [4.78, 5) is 2.60. The van der Waals surface area contributed by atoms with Crippen molar-refractivity contribution >= 4 is 0 Å². The number of methoxy groups -OCH3 is 1. The second-order valence-corrected chi connectivity index (χ2v) is 5.20. The van der Waals surface area contributed by atoms with E-state index in [-0.39, 0.29) is 7.09 Å². The summed E-state index contributed by atoms with van der Waals surface area (Å²) in [6, 6.07) is 6.90. The number of hydrogen-bond donors (Lipinski definition) is 1. The second kappa shape index (κ2) is 7.65. The number of rotatable bonds is 2. The molecule has 1 atom stereocenters. The van der Waals surface area contributed by atoms with Crippen LogP contribution in [0.1, 0.15) is 45.2 Å². The van der Waals surface area contributed by atoms with Crippen molar-refractivity contribution in [3.05, 3.63) is 29.3 Å². The van der Waals surface area contributed by atoms with Gasteiger partial charge < -0.3 is 10.1 Å². The molecule has 1 saturated heterocycles. The van der Waals surface area contributed by atoms with E-state index in [0.29, 0.717) is 6.04 Å². The molecule has 0 amide bonds. The first-order valence-electron chi connectivity index (χ1n) is 8.59. The first-order valence-corrected chi connectivity index (χ1v) is 7.88. The average molecular weight is 277 g/mol.